The smallest absolute Gasteiger partial charge is 0.408 e. The number of ether oxygens (including phenoxy) is 1. The molecular weight excluding hydrogens is 308 g/mol. The van der Waals surface area contributed by atoms with E-state index in [0.29, 0.717) is 17.5 Å². The topological polar surface area (TPSA) is 84.3 Å². The van der Waals surface area contributed by atoms with Gasteiger partial charge in [-0.05, 0) is 42.9 Å². The third-order valence-electron chi connectivity index (χ3n) is 4.50. The Hall–Kier alpha value is -2.08. The van der Waals surface area contributed by atoms with Gasteiger partial charge in [0.25, 0.3) is 0 Å². The second-order valence-electron chi connectivity index (χ2n) is 6.73. The molecule has 1 aromatic heterocycles. The van der Waals surface area contributed by atoms with Crippen LogP contribution >= 0.6 is 0 Å². The standard InChI is InChI=1S/C18H24N2O4/c1-11(2)17(20-16(21)8-6-13-4-3-9-23-13)12-5-7-14-15(10-12)24-18(22)19-14/h5,7,10-11,13,17H,3-4,6,8-9H2,1-2H3,(H,19,22)(H,20,21). The van der Waals surface area contributed by atoms with E-state index in [1.807, 2.05) is 18.2 Å². The number of oxazole rings is 1. The average Bonchev–Trinajstić information content (AvgIpc) is 3.17. The van der Waals surface area contributed by atoms with Crippen LogP contribution in [-0.2, 0) is 9.53 Å². The maximum absolute atomic E-state index is 12.3. The molecule has 0 aliphatic carbocycles. The molecule has 1 amide bonds. The van der Waals surface area contributed by atoms with Crippen molar-refractivity contribution in [1.82, 2.24) is 10.3 Å². The van der Waals surface area contributed by atoms with E-state index in [1.165, 1.54) is 0 Å². The zero-order valence-corrected chi connectivity index (χ0v) is 14.1. The van der Waals surface area contributed by atoms with Gasteiger partial charge in [-0.3, -0.25) is 9.78 Å². The summed E-state index contributed by atoms with van der Waals surface area (Å²) in [7, 11) is 0. The van der Waals surface area contributed by atoms with Crippen molar-refractivity contribution in [3.8, 4) is 0 Å². The summed E-state index contributed by atoms with van der Waals surface area (Å²) in [6.45, 7) is 4.92. The molecule has 24 heavy (non-hydrogen) atoms. The van der Waals surface area contributed by atoms with Gasteiger partial charge in [-0.1, -0.05) is 19.9 Å². The minimum Gasteiger partial charge on any atom is -0.408 e. The molecule has 1 aliphatic heterocycles. The van der Waals surface area contributed by atoms with Crippen LogP contribution in [0.15, 0.2) is 27.4 Å². The third kappa shape index (κ3) is 3.87. The number of H-pyrrole nitrogens is 1. The summed E-state index contributed by atoms with van der Waals surface area (Å²) in [4.78, 5) is 26.2. The van der Waals surface area contributed by atoms with E-state index in [9.17, 15) is 9.59 Å². The van der Waals surface area contributed by atoms with Gasteiger partial charge in [-0.15, -0.1) is 0 Å². The largest absolute Gasteiger partial charge is 0.417 e. The number of carbonyl (C=O) groups is 1. The molecule has 0 spiro atoms. The van der Waals surface area contributed by atoms with Gasteiger partial charge in [0.05, 0.1) is 17.7 Å². The lowest BCUT2D eigenvalue weighted by atomic mass is 9.95. The number of rotatable bonds is 6. The van der Waals surface area contributed by atoms with Crippen LogP contribution in [0.25, 0.3) is 11.1 Å². The number of carbonyl (C=O) groups excluding carboxylic acids is 1. The van der Waals surface area contributed by atoms with Gasteiger partial charge >= 0.3 is 5.76 Å². The second-order valence-corrected chi connectivity index (χ2v) is 6.73. The first-order chi connectivity index (χ1) is 11.5. The molecule has 1 aliphatic rings. The molecule has 2 N–H and O–H groups in total. The van der Waals surface area contributed by atoms with Crippen molar-refractivity contribution in [1.29, 1.82) is 0 Å². The fourth-order valence-corrected chi connectivity index (χ4v) is 3.20. The van der Waals surface area contributed by atoms with Gasteiger partial charge in [0.2, 0.25) is 5.91 Å². The molecule has 2 heterocycles. The molecule has 0 bridgehead atoms. The lowest BCUT2D eigenvalue weighted by molar-refractivity contribution is -0.122. The summed E-state index contributed by atoms with van der Waals surface area (Å²) in [5.74, 6) is -0.219. The number of amides is 1. The Balaban J connectivity index is 1.68. The molecule has 1 aromatic carbocycles. The fraction of sp³-hybridized carbons (Fsp3) is 0.556. The highest BCUT2D eigenvalue weighted by atomic mass is 16.5. The van der Waals surface area contributed by atoms with Crippen molar-refractivity contribution in [2.45, 2.75) is 51.7 Å². The number of hydrogen-bond acceptors (Lipinski definition) is 4. The summed E-state index contributed by atoms with van der Waals surface area (Å²) in [6.07, 6.45) is 3.59. The highest BCUT2D eigenvalue weighted by molar-refractivity contribution is 5.77. The molecule has 6 heteroatoms. The van der Waals surface area contributed by atoms with Crippen LogP contribution in [-0.4, -0.2) is 23.6 Å². The first-order valence-electron chi connectivity index (χ1n) is 8.56. The zero-order valence-electron chi connectivity index (χ0n) is 14.1. The van der Waals surface area contributed by atoms with E-state index in [-0.39, 0.29) is 24.0 Å². The number of aromatic nitrogens is 1. The van der Waals surface area contributed by atoms with E-state index in [1.54, 1.807) is 0 Å². The monoisotopic (exact) mass is 332 g/mol. The Labute approximate surface area is 140 Å². The SMILES string of the molecule is CC(C)C(NC(=O)CCC1CCCO1)c1ccc2[nH]c(=O)oc2c1. The molecule has 0 radical (unpaired) electrons. The number of nitrogens with one attached hydrogen (secondary N) is 2. The zero-order chi connectivity index (χ0) is 17.1. The Morgan fingerprint density at radius 2 is 2.25 bits per heavy atom. The van der Waals surface area contributed by atoms with E-state index >= 15 is 0 Å². The summed E-state index contributed by atoms with van der Waals surface area (Å²) in [5.41, 5.74) is 2.11. The molecule has 130 valence electrons. The van der Waals surface area contributed by atoms with Crippen LogP contribution in [0.3, 0.4) is 0 Å². The van der Waals surface area contributed by atoms with Gasteiger partial charge in [0.15, 0.2) is 5.58 Å². The predicted molar refractivity (Wildman–Crippen MR) is 90.8 cm³/mol. The molecule has 2 aromatic rings. The van der Waals surface area contributed by atoms with E-state index in [2.05, 4.69) is 24.1 Å². The Morgan fingerprint density at radius 1 is 1.42 bits per heavy atom. The first-order valence-corrected chi connectivity index (χ1v) is 8.56. The lowest BCUT2D eigenvalue weighted by Crippen LogP contribution is -2.32. The number of aromatic amines is 1. The number of fused-ring (bicyclic) bond motifs is 1. The van der Waals surface area contributed by atoms with Gasteiger partial charge in [-0.2, -0.15) is 0 Å². The van der Waals surface area contributed by atoms with Crippen LogP contribution in [0, 0.1) is 5.92 Å². The molecule has 2 atom stereocenters. The van der Waals surface area contributed by atoms with E-state index in [4.69, 9.17) is 9.15 Å². The minimum atomic E-state index is -0.469. The lowest BCUT2D eigenvalue weighted by Gasteiger charge is -2.23. The van der Waals surface area contributed by atoms with Gasteiger partial charge in [0.1, 0.15) is 0 Å². The predicted octanol–water partition coefficient (Wildman–Crippen LogP) is 2.89. The normalized spacial score (nSPS) is 19.0. The Morgan fingerprint density at radius 3 is 2.96 bits per heavy atom. The van der Waals surface area contributed by atoms with Crippen LogP contribution in [0.2, 0.25) is 0 Å². The van der Waals surface area contributed by atoms with Crippen LogP contribution < -0.4 is 11.1 Å². The quantitative estimate of drug-likeness (QED) is 0.852. The van der Waals surface area contributed by atoms with Crippen molar-refractivity contribution >= 4 is 17.0 Å². The van der Waals surface area contributed by atoms with Crippen molar-refractivity contribution in [3.05, 3.63) is 34.3 Å². The van der Waals surface area contributed by atoms with Gasteiger partial charge in [0, 0.05) is 13.0 Å². The van der Waals surface area contributed by atoms with Crippen LogP contribution in [0.1, 0.15) is 51.1 Å². The molecule has 0 saturated carbocycles. The van der Waals surface area contributed by atoms with Crippen molar-refractivity contribution in [2.24, 2.45) is 5.92 Å². The maximum Gasteiger partial charge on any atom is 0.417 e. The summed E-state index contributed by atoms with van der Waals surface area (Å²) < 4.78 is 10.7. The third-order valence-corrected chi connectivity index (χ3v) is 4.50. The molecule has 1 fully saturated rings. The Kier molecular flexibility index (Phi) is 5.04. The molecule has 6 nitrogen and oxygen atoms in total. The summed E-state index contributed by atoms with van der Waals surface area (Å²) in [6, 6.07) is 5.42. The van der Waals surface area contributed by atoms with Crippen LogP contribution in [0.4, 0.5) is 0 Å². The van der Waals surface area contributed by atoms with E-state index < -0.39 is 5.76 Å². The van der Waals surface area contributed by atoms with Gasteiger partial charge < -0.3 is 14.5 Å². The second kappa shape index (κ2) is 7.21. The van der Waals surface area contributed by atoms with Crippen molar-refractivity contribution in [3.63, 3.8) is 0 Å². The average molecular weight is 332 g/mol. The molecule has 1 saturated heterocycles. The Bertz CT molecular complexity index is 756. The van der Waals surface area contributed by atoms with Crippen molar-refractivity contribution in [2.75, 3.05) is 6.61 Å². The first kappa shape index (κ1) is 16.8. The highest BCUT2D eigenvalue weighted by Gasteiger charge is 2.21. The van der Waals surface area contributed by atoms with Gasteiger partial charge in [-0.25, -0.2) is 4.79 Å². The van der Waals surface area contributed by atoms with Crippen molar-refractivity contribution < 1.29 is 13.9 Å². The number of benzene rings is 1. The number of hydrogen-bond donors (Lipinski definition) is 2. The minimum absolute atomic E-state index is 0.0276. The van der Waals surface area contributed by atoms with Crippen LogP contribution in [0.5, 0.6) is 0 Å². The molecule has 2 unspecified atom stereocenters. The molecule has 3 rings (SSSR count). The van der Waals surface area contributed by atoms with E-state index in [0.717, 1.165) is 31.4 Å². The highest BCUT2D eigenvalue weighted by Crippen LogP contribution is 2.25. The fourth-order valence-electron chi connectivity index (χ4n) is 3.20. The molecular formula is C18H24N2O4. The maximum atomic E-state index is 12.3. The summed E-state index contributed by atoms with van der Waals surface area (Å²) >= 11 is 0. The summed E-state index contributed by atoms with van der Waals surface area (Å²) in [5, 5.41) is 3.10.